The molecule has 9 heteroatoms. The first-order chi connectivity index (χ1) is 12.8. The Bertz CT molecular complexity index is 1050. The number of nitrogens with zero attached hydrogens (tertiary/aromatic N) is 3. The molecule has 0 aliphatic rings. The molecule has 0 spiro atoms. The molecule has 1 heterocycles. The lowest BCUT2D eigenvalue weighted by molar-refractivity contribution is 0.251. The Kier molecular flexibility index (Phi) is 5.48. The SMILES string of the molecule is CC(C)COc1nc(-c2cccc(Cl)c2)n(S(=O)(=O)c2ccc(F)cc2)n1. The molecule has 6 nitrogen and oxygen atoms in total. The van der Waals surface area contributed by atoms with Crippen LogP contribution in [0, 0.1) is 11.7 Å². The summed E-state index contributed by atoms with van der Waals surface area (Å²) in [6, 6.07) is 11.0. The van der Waals surface area contributed by atoms with Gasteiger partial charge in [-0.3, -0.25) is 0 Å². The second kappa shape index (κ2) is 7.66. The molecule has 3 aromatic rings. The summed E-state index contributed by atoms with van der Waals surface area (Å²) in [6.45, 7) is 4.23. The Labute approximate surface area is 161 Å². The number of benzene rings is 2. The zero-order chi connectivity index (χ0) is 19.6. The zero-order valence-corrected chi connectivity index (χ0v) is 16.2. The second-order valence-electron chi connectivity index (χ2n) is 6.24. The van der Waals surface area contributed by atoms with Crippen molar-refractivity contribution in [2.24, 2.45) is 5.92 Å². The van der Waals surface area contributed by atoms with Gasteiger partial charge in [0.1, 0.15) is 5.82 Å². The summed E-state index contributed by atoms with van der Waals surface area (Å²) in [7, 11) is -4.11. The molecule has 0 bridgehead atoms. The number of halogens is 2. The van der Waals surface area contributed by atoms with Gasteiger partial charge in [-0.15, -0.1) is 4.09 Å². The van der Waals surface area contributed by atoms with E-state index in [4.69, 9.17) is 16.3 Å². The van der Waals surface area contributed by atoms with Crippen LogP contribution in [-0.2, 0) is 10.0 Å². The highest BCUT2D eigenvalue weighted by atomic mass is 35.5. The fraction of sp³-hybridized carbons (Fsp3) is 0.222. The van der Waals surface area contributed by atoms with Crippen molar-refractivity contribution in [1.82, 2.24) is 14.2 Å². The first-order valence-corrected chi connectivity index (χ1v) is 9.96. The monoisotopic (exact) mass is 409 g/mol. The van der Waals surface area contributed by atoms with Gasteiger partial charge in [0.25, 0.3) is 10.0 Å². The van der Waals surface area contributed by atoms with E-state index >= 15 is 0 Å². The lowest BCUT2D eigenvalue weighted by atomic mass is 10.2. The van der Waals surface area contributed by atoms with E-state index in [0.29, 0.717) is 17.2 Å². The van der Waals surface area contributed by atoms with Gasteiger partial charge in [0.05, 0.1) is 11.5 Å². The molecule has 0 saturated heterocycles. The van der Waals surface area contributed by atoms with Gasteiger partial charge in [-0.05, 0) is 42.3 Å². The van der Waals surface area contributed by atoms with Crippen LogP contribution >= 0.6 is 11.6 Å². The quantitative estimate of drug-likeness (QED) is 0.615. The zero-order valence-electron chi connectivity index (χ0n) is 14.6. The fourth-order valence-electron chi connectivity index (χ4n) is 2.26. The minimum Gasteiger partial charge on any atom is -0.462 e. The molecular weight excluding hydrogens is 393 g/mol. The van der Waals surface area contributed by atoms with Crippen LogP contribution < -0.4 is 4.74 Å². The van der Waals surface area contributed by atoms with E-state index in [9.17, 15) is 12.8 Å². The molecule has 0 radical (unpaired) electrons. The van der Waals surface area contributed by atoms with Crippen LogP contribution in [0.5, 0.6) is 6.01 Å². The van der Waals surface area contributed by atoms with Crippen molar-refractivity contribution >= 4 is 21.6 Å². The van der Waals surface area contributed by atoms with Gasteiger partial charge in [0.15, 0.2) is 5.82 Å². The van der Waals surface area contributed by atoms with Crippen molar-refractivity contribution in [2.45, 2.75) is 18.7 Å². The molecule has 0 amide bonds. The van der Waals surface area contributed by atoms with Crippen molar-refractivity contribution in [3.05, 3.63) is 59.4 Å². The molecule has 3 rings (SSSR count). The molecule has 0 unspecified atom stereocenters. The van der Waals surface area contributed by atoms with Crippen LogP contribution in [0.25, 0.3) is 11.4 Å². The van der Waals surface area contributed by atoms with E-state index < -0.39 is 15.8 Å². The minimum atomic E-state index is -4.11. The van der Waals surface area contributed by atoms with E-state index in [1.165, 1.54) is 12.1 Å². The molecule has 27 heavy (non-hydrogen) atoms. The molecule has 0 fully saturated rings. The normalized spacial score (nSPS) is 11.7. The second-order valence-corrected chi connectivity index (χ2v) is 8.44. The van der Waals surface area contributed by atoms with Gasteiger partial charge in [-0.25, -0.2) is 4.39 Å². The molecule has 1 aromatic heterocycles. The maximum Gasteiger partial charge on any atom is 0.337 e. The maximum absolute atomic E-state index is 13.2. The summed E-state index contributed by atoms with van der Waals surface area (Å²) in [5.41, 5.74) is 0.458. The molecular formula is C18H17ClFN3O3S. The predicted octanol–water partition coefficient (Wildman–Crippen LogP) is 4.01. The number of hydrogen-bond acceptors (Lipinski definition) is 5. The van der Waals surface area contributed by atoms with Gasteiger partial charge >= 0.3 is 6.01 Å². The van der Waals surface area contributed by atoms with Crippen molar-refractivity contribution < 1.29 is 17.5 Å². The lowest BCUT2D eigenvalue weighted by Crippen LogP contribution is -2.16. The van der Waals surface area contributed by atoms with E-state index in [2.05, 4.69) is 10.1 Å². The number of ether oxygens (including phenoxy) is 1. The minimum absolute atomic E-state index is 0.0561. The highest BCUT2D eigenvalue weighted by Gasteiger charge is 2.26. The predicted molar refractivity (Wildman–Crippen MR) is 99.8 cm³/mol. The summed E-state index contributed by atoms with van der Waals surface area (Å²) >= 11 is 6.03. The molecule has 142 valence electrons. The summed E-state index contributed by atoms with van der Waals surface area (Å²) in [6.07, 6.45) is 0. The van der Waals surface area contributed by atoms with E-state index in [-0.39, 0.29) is 22.6 Å². The fourth-order valence-corrected chi connectivity index (χ4v) is 3.68. The van der Waals surface area contributed by atoms with Crippen LogP contribution in [0.4, 0.5) is 4.39 Å². The lowest BCUT2D eigenvalue weighted by Gasteiger charge is -2.07. The van der Waals surface area contributed by atoms with E-state index in [1.807, 2.05) is 13.8 Å². The standard InChI is InChI=1S/C18H17ClFN3O3S/c1-12(2)11-26-18-21-17(13-4-3-5-14(19)10-13)23(22-18)27(24,25)16-8-6-15(20)7-9-16/h3-10,12H,11H2,1-2H3. The summed E-state index contributed by atoms with van der Waals surface area (Å²) in [4.78, 5) is 4.10. The van der Waals surface area contributed by atoms with Gasteiger partial charge in [0.2, 0.25) is 0 Å². The third kappa shape index (κ3) is 4.28. The van der Waals surface area contributed by atoms with E-state index in [0.717, 1.165) is 16.2 Å². The molecule has 0 aliphatic carbocycles. The molecule has 0 aliphatic heterocycles. The van der Waals surface area contributed by atoms with Gasteiger partial charge in [0, 0.05) is 10.6 Å². The smallest absolute Gasteiger partial charge is 0.337 e. The van der Waals surface area contributed by atoms with Gasteiger partial charge < -0.3 is 4.74 Å². The van der Waals surface area contributed by atoms with Crippen molar-refractivity contribution in [3.63, 3.8) is 0 Å². The Hall–Kier alpha value is -2.45. The van der Waals surface area contributed by atoms with Crippen molar-refractivity contribution in [2.75, 3.05) is 6.61 Å². The largest absolute Gasteiger partial charge is 0.462 e. The number of rotatable bonds is 6. The number of hydrogen-bond donors (Lipinski definition) is 0. The first-order valence-electron chi connectivity index (χ1n) is 8.14. The highest BCUT2D eigenvalue weighted by molar-refractivity contribution is 7.90. The Balaban J connectivity index is 2.13. The average molecular weight is 410 g/mol. The summed E-state index contributed by atoms with van der Waals surface area (Å²) in [5.74, 6) is -0.274. The van der Waals surface area contributed by atoms with Crippen molar-refractivity contribution in [3.8, 4) is 17.4 Å². The summed E-state index contributed by atoms with van der Waals surface area (Å²) in [5, 5.41) is 4.44. The molecule has 2 aromatic carbocycles. The Morgan fingerprint density at radius 1 is 1.19 bits per heavy atom. The third-order valence-corrected chi connectivity index (χ3v) is 5.34. The number of aromatic nitrogens is 3. The first kappa shape index (κ1) is 19.3. The summed E-state index contributed by atoms with van der Waals surface area (Å²) < 4.78 is 45.5. The van der Waals surface area contributed by atoms with E-state index in [1.54, 1.807) is 24.3 Å². The third-order valence-electron chi connectivity index (χ3n) is 3.53. The van der Waals surface area contributed by atoms with Crippen LogP contribution in [0.1, 0.15) is 13.8 Å². The molecule has 0 atom stereocenters. The highest BCUT2D eigenvalue weighted by Crippen LogP contribution is 2.26. The van der Waals surface area contributed by atoms with Crippen LogP contribution in [0.3, 0.4) is 0 Å². The average Bonchev–Trinajstić information content (AvgIpc) is 3.05. The Morgan fingerprint density at radius 2 is 1.89 bits per heavy atom. The van der Waals surface area contributed by atoms with Crippen LogP contribution in [0.2, 0.25) is 5.02 Å². The van der Waals surface area contributed by atoms with Gasteiger partial charge in [-0.1, -0.05) is 42.7 Å². The molecule has 0 N–H and O–H groups in total. The Morgan fingerprint density at radius 3 is 2.52 bits per heavy atom. The van der Waals surface area contributed by atoms with Crippen molar-refractivity contribution in [1.29, 1.82) is 0 Å². The molecule has 0 saturated carbocycles. The maximum atomic E-state index is 13.2. The van der Waals surface area contributed by atoms with Crippen LogP contribution in [0.15, 0.2) is 53.4 Å². The topological polar surface area (TPSA) is 74.1 Å². The van der Waals surface area contributed by atoms with Gasteiger partial charge in [-0.2, -0.15) is 13.4 Å². The van der Waals surface area contributed by atoms with Crippen LogP contribution in [-0.4, -0.2) is 29.2 Å².